The Morgan fingerprint density at radius 1 is 1.47 bits per heavy atom. The summed E-state index contributed by atoms with van der Waals surface area (Å²) in [5.41, 5.74) is 4.51. The highest BCUT2D eigenvalue weighted by Gasteiger charge is 2.31. The van der Waals surface area contributed by atoms with E-state index in [-0.39, 0.29) is 11.9 Å². The number of carbonyl (C=O) groups excluding carboxylic acids is 1. The van der Waals surface area contributed by atoms with Crippen LogP contribution in [0.25, 0.3) is 0 Å². The average Bonchev–Trinajstić information content (AvgIpc) is 3.04. The van der Waals surface area contributed by atoms with E-state index in [1.165, 1.54) is 22.9 Å². The Morgan fingerprint density at radius 3 is 3.11 bits per heavy atom. The molecule has 8 heteroatoms. The van der Waals surface area contributed by atoms with E-state index in [1.54, 1.807) is 23.0 Å². The molecule has 0 saturated carbocycles. The lowest BCUT2D eigenvalue weighted by Crippen LogP contribution is -2.38. The zero-order valence-electron chi connectivity index (χ0n) is 10.4. The van der Waals surface area contributed by atoms with Crippen molar-refractivity contribution < 1.29 is 4.79 Å². The first kappa shape index (κ1) is 12.6. The van der Waals surface area contributed by atoms with Gasteiger partial charge in [-0.3, -0.25) is 4.79 Å². The largest absolute Gasteiger partial charge is 0.333 e. The number of fused-ring (bicyclic) bond motifs is 1. The molecule has 0 bridgehead atoms. The van der Waals surface area contributed by atoms with Crippen molar-refractivity contribution in [2.45, 2.75) is 19.0 Å². The number of carbonyl (C=O) groups is 1. The van der Waals surface area contributed by atoms with E-state index in [1.807, 2.05) is 0 Å². The first-order valence-corrected chi connectivity index (χ1v) is 7.64. The molecule has 3 rings (SSSR count). The minimum Gasteiger partial charge on any atom is -0.333 e. The Bertz CT molecular complexity index is 567. The predicted octanol–water partition coefficient (Wildman–Crippen LogP) is 0.840. The molecule has 1 amide bonds. The number of hydrogen-bond acceptors (Lipinski definition) is 7. The van der Waals surface area contributed by atoms with Crippen LogP contribution in [0.2, 0.25) is 0 Å². The van der Waals surface area contributed by atoms with Crippen molar-refractivity contribution >= 4 is 28.8 Å². The van der Waals surface area contributed by atoms with Crippen LogP contribution >= 0.6 is 22.9 Å². The monoisotopic (exact) mass is 295 g/mol. The highest BCUT2D eigenvalue weighted by Crippen LogP contribution is 2.27. The topological polar surface area (TPSA) is 71.0 Å². The Kier molecular flexibility index (Phi) is 3.54. The van der Waals surface area contributed by atoms with Gasteiger partial charge in [-0.15, -0.1) is 11.3 Å². The Morgan fingerprint density at radius 2 is 2.37 bits per heavy atom. The number of rotatable bonds is 3. The minimum absolute atomic E-state index is 0.0697. The summed E-state index contributed by atoms with van der Waals surface area (Å²) >= 11 is 2.84. The van der Waals surface area contributed by atoms with Crippen LogP contribution in [-0.4, -0.2) is 38.7 Å². The van der Waals surface area contributed by atoms with Crippen molar-refractivity contribution in [3.8, 4) is 0 Å². The van der Waals surface area contributed by atoms with Crippen LogP contribution in [-0.2, 0) is 17.8 Å². The lowest BCUT2D eigenvalue weighted by molar-refractivity contribution is -0.133. The number of nitrogens with one attached hydrogen (secondary N) is 1. The fraction of sp³-hybridized carbons (Fsp3) is 0.455. The molecule has 1 atom stereocenters. The number of thiazole rings is 1. The van der Waals surface area contributed by atoms with Crippen molar-refractivity contribution in [2.75, 3.05) is 13.6 Å². The maximum Gasteiger partial charge on any atom is 0.245 e. The Hall–Kier alpha value is -1.38. The van der Waals surface area contributed by atoms with Crippen LogP contribution in [0, 0.1) is 0 Å². The van der Waals surface area contributed by atoms with Gasteiger partial charge >= 0.3 is 0 Å². The Labute approximate surface area is 118 Å². The molecule has 0 saturated heterocycles. The van der Waals surface area contributed by atoms with E-state index in [2.05, 4.69) is 19.7 Å². The second-order valence-electron chi connectivity index (χ2n) is 4.24. The van der Waals surface area contributed by atoms with Crippen molar-refractivity contribution in [3.63, 3.8) is 0 Å². The number of aromatic nitrogens is 3. The second kappa shape index (κ2) is 5.32. The zero-order valence-corrected chi connectivity index (χ0v) is 12.0. The lowest BCUT2D eigenvalue weighted by atomic mass is 10.2. The van der Waals surface area contributed by atoms with Gasteiger partial charge in [0.2, 0.25) is 5.91 Å². The van der Waals surface area contributed by atoms with Crippen LogP contribution < -0.4 is 5.32 Å². The van der Waals surface area contributed by atoms with Gasteiger partial charge < -0.3 is 10.2 Å². The van der Waals surface area contributed by atoms with Crippen LogP contribution in [0.5, 0.6) is 0 Å². The average molecular weight is 295 g/mol. The molecule has 1 N–H and O–H groups in total. The van der Waals surface area contributed by atoms with Crippen LogP contribution in [0.15, 0.2) is 11.0 Å². The quantitative estimate of drug-likeness (QED) is 0.908. The molecule has 19 heavy (non-hydrogen) atoms. The van der Waals surface area contributed by atoms with E-state index in [0.29, 0.717) is 18.9 Å². The molecule has 1 aliphatic heterocycles. The maximum absolute atomic E-state index is 12.6. The normalized spacial score (nSPS) is 19.3. The van der Waals surface area contributed by atoms with Gasteiger partial charge in [-0.05, 0) is 18.6 Å². The van der Waals surface area contributed by atoms with Gasteiger partial charge in [0, 0.05) is 13.0 Å². The fourth-order valence-corrected chi connectivity index (χ4v) is 3.57. The fourth-order valence-electron chi connectivity index (χ4n) is 2.19. The summed E-state index contributed by atoms with van der Waals surface area (Å²) in [5, 5.41) is 3.09. The summed E-state index contributed by atoms with van der Waals surface area (Å²) in [7, 11) is 1.80. The van der Waals surface area contributed by atoms with E-state index in [4.69, 9.17) is 0 Å². The van der Waals surface area contributed by atoms with Crippen molar-refractivity contribution in [3.05, 3.63) is 27.4 Å². The molecule has 1 unspecified atom stereocenters. The molecular weight excluding hydrogens is 282 g/mol. The number of amides is 1. The van der Waals surface area contributed by atoms with Gasteiger partial charge in [-0.25, -0.2) is 9.97 Å². The second-order valence-corrected chi connectivity index (χ2v) is 5.73. The molecule has 0 aliphatic carbocycles. The summed E-state index contributed by atoms with van der Waals surface area (Å²) < 4.78 is 4.17. The molecule has 0 aromatic carbocycles. The highest BCUT2D eigenvalue weighted by atomic mass is 32.1. The smallest absolute Gasteiger partial charge is 0.245 e. The summed E-state index contributed by atoms with van der Waals surface area (Å²) in [5.74, 6) is 0.770. The van der Waals surface area contributed by atoms with Gasteiger partial charge in [0.1, 0.15) is 11.6 Å². The molecule has 100 valence electrons. The van der Waals surface area contributed by atoms with Crippen LogP contribution in [0.4, 0.5) is 0 Å². The van der Waals surface area contributed by atoms with Crippen molar-refractivity contribution in [2.24, 2.45) is 0 Å². The molecule has 0 radical (unpaired) electrons. The molecule has 6 nitrogen and oxygen atoms in total. The highest BCUT2D eigenvalue weighted by molar-refractivity contribution is 7.10. The third-order valence-electron chi connectivity index (χ3n) is 3.14. The van der Waals surface area contributed by atoms with Gasteiger partial charge in [-0.1, -0.05) is 0 Å². The van der Waals surface area contributed by atoms with Crippen molar-refractivity contribution in [1.82, 2.24) is 24.6 Å². The Balaban J connectivity index is 1.85. The summed E-state index contributed by atoms with van der Waals surface area (Å²) in [6.45, 7) is 1.13. The molecular formula is C11H13N5OS2. The molecule has 2 aromatic rings. The molecule has 1 aliphatic rings. The number of likely N-dealkylation sites (N-methyl/N-ethyl adjacent to an activating group) is 1. The number of nitrogens with zero attached hydrogens (tertiary/aromatic N) is 4. The third kappa shape index (κ3) is 2.38. The minimum atomic E-state index is -0.302. The maximum atomic E-state index is 12.6. The van der Waals surface area contributed by atoms with Gasteiger partial charge in [0.15, 0.2) is 5.82 Å². The SMILES string of the molecule is CNC1C(=O)N(Cc2ncsn2)CCc2ncsc21. The summed E-state index contributed by atoms with van der Waals surface area (Å²) in [6, 6.07) is -0.302. The van der Waals surface area contributed by atoms with Crippen molar-refractivity contribution in [1.29, 1.82) is 0 Å². The zero-order chi connectivity index (χ0) is 13.2. The van der Waals surface area contributed by atoms with Crippen LogP contribution in [0.1, 0.15) is 22.4 Å². The van der Waals surface area contributed by atoms with Crippen LogP contribution in [0.3, 0.4) is 0 Å². The van der Waals surface area contributed by atoms with E-state index < -0.39 is 0 Å². The molecule has 3 heterocycles. The molecule has 0 fully saturated rings. The predicted molar refractivity (Wildman–Crippen MR) is 72.9 cm³/mol. The van der Waals surface area contributed by atoms with Gasteiger partial charge in [-0.2, -0.15) is 4.37 Å². The first-order valence-electron chi connectivity index (χ1n) is 5.93. The summed E-state index contributed by atoms with van der Waals surface area (Å²) in [4.78, 5) is 23.9. The number of hydrogen-bond donors (Lipinski definition) is 1. The third-order valence-corrected chi connectivity index (χ3v) is 4.59. The molecule has 0 spiro atoms. The van der Waals surface area contributed by atoms with Gasteiger partial charge in [0.25, 0.3) is 0 Å². The lowest BCUT2D eigenvalue weighted by Gasteiger charge is -2.22. The van der Waals surface area contributed by atoms with E-state index in [0.717, 1.165) is 17.0 Å². The van der Waals surface area contributed by atoms with Gasteiger partial charge in [0.05, 0.1) is 22.6 Å². The first-order chi connectivity index (χ1) is 9.29. The van der Waals surface area contributed by atoms with E-state index >= 15 is 0 Å². The molecule has 2 aromatic heterocycles. The summed E-state index contributed by atoms with van der Waals surface area (Å²) in [6.07, 6.45) is 0.785. The van der Waals surface area contributed by atoms with E-state index in [9.17, 15) is 4.79 Å². The standard InChI is InChI=1S/C11H13N5OS2/c1-12-9-10-7(13-5-18-10)2-3-16(11(9)17)4-8-14-6-19-15-8/h5-6,9,12H,2-4H2,1H3.